The second kappa shape index (κ2) is 8.04. The van der Waals surface area contributed by atoms with E-state index in [1.165, 1.54) is 0 Å². The number of nitrogens with zero attached hydrogens (tertiary/aromatic N) is 1. The van der Waals surface area contributed by atoms with Crippen molar-refractivity contribution in [3.8, 4) is 0 Å². The number of aryl methyl sites for hydroxylation is 1. The van der Waals surface area contributed by atoms with Crippen LogP contribution in [0.1, 0.15) is 27.7 Å². The number of carbonyl (C=O) groups excluding carboxylic acids is 1. The number of carbonyl (C=O) groups is 1. The third-order valence-corrected chi connectivity index (χ3v) is 5.24. The van der Waals surface area contributed by atoms with Crippen LogP contribution in [0.2, 0.25) is 0 Å². The maximum Gasteiger partial charge on any atom is 0.251 e. The van der Waals surface area contributed by atoms with Gasteiger partial charge in [-0.15, -0.1) is 0 Å². The van der Waals surface area contributed by atoms with Gasteiger partial charge in [-0.3, -0.25) is 4.79 Å². The van der Waals surface area contributed by atoms with Crippen molar-refractivity contribution in [1.82, 2.24) is 10.3 Å². The van der Waals surface area contributed by atoms with E-state index in [1.807, 2.05) is 55.5 Å². The number of aliphatic hydroxyl groups is 1. The number of H-pyrrole nitrogens is 1. The zero-order valence-electron chi connectivity index (χ0n) is 15.9. The van der Waals surface area contributed by atoms with Crippen molar-refractivity contribution in [2.45, 2.75) is 13.0 Å². The van der Waals surface area contributed by atoms with Gasteiger partial charge in [-0.25, -0.2) is 0 Å². The minimum Gasteiger partial charge on any atom is -0.386 e. The zero-order valence-corrected chi connectivity index (χ0v) is 15.9. The number of hydrogen-bond acceptors (Lipinski definition) is 4. The van der Waals surface area contributed by atoms with Gasteiger partial charge in [0.25, 0.3) is 5.91 Å². The summed E-state index contributed by atoms with van der Waals surface area (Å²) in [5.74, 6) is -0.190. The predicted octanol–water partition coefficient (Wildman–Crippen LogP) is 2.78. The third kappa shape index (κ3) is 3.74. The molecular weight excluding hydrogens is 354 g/mol. The Kier molecular flexibility index (Phi) is 5.32. The highest BCUT2D eigenvalue weighted by atomic mass is 16.5. The molecule has 1 aromatic heterocycles. The van der Waals surface area contributed by atoms with Crippen LogP contribution in [0.25, 0.3) is 10.9 Å². The Bertz CT molecular complexity index is 959. The summed E-state index contributed by atoms with van der Waals surface area (Å²) >= 11 is 0. The van der Waals surface area contributed by atoms with Gasteiger partial charge in [-0.2, -0.15) is 0 Å². The summed E-state index contributed by atoms with van der Waals surface area (Å²) in [5.41, 5.74) is 4.41. The lowest BCUT2D eigenvalue weighted by Crippen LogP contribution is -2.36. The minimum atomic E-state index is -0.771. The molecule has 6 heteroatoms. The van der Waals surface area contributed by atoms with Crippen molar-refractivity contribution >= 4 is 22.5 Å². The monoisotopic (exact) mass is 379 g/mol. The zero-order chi connectivity index (χ0) is 19.5. The van der Waals surface area contributed by atoms with E-state index in [9.17, 15) is 9.90 Å². The van der Waals surface area contributed by atoms with Gasteiger partial charge in [0.05, 0.1) is 19.3 Å². The van der Waals surface area contributed by atoms with E-state index in [0.29, 0.717) is 5.56 Å². The van der Waals surface area contributed by atoms with Crippen molar-refractivity contribution in [1.29, 1.82) is 0 Å². The first-order valence-electron chi connectivity index (χ1n) is 9.59. The van der Waals surface area contributed by atoms with Crippen LogP contribution in [0, 0.1) is 6.92 Å². The maximum absolute atomic E-state index is 12.5. The normalized spacial score (nSPS) is 15.6. The number of benzene rings is 2. The predicted molar refractivity (Wildman–Crippen MR) is 110 cm³/mol. The number of amides is 1. The second-order valence-corrected chi connectivity index (χ2v) is 7.08. The molecule has 1 saturated heterocycles. The van der Waals surface area contributed by atoms with Crippen LogP contribution in [-0.2, 0) is 4.74 Å². The van der Waals surface area contributed by atoms with Gasteiger partial charge in [-0.1, -0.05) is 18.2 Å². The molecule has 0 radical (unpaired) electrons. The Labute approximate surface area is 164 Å². The largest absolute Gasteiger partial charge is 0.386 e. The molecule has 1 amide bonds. The first-order valence-corrected chi connectivity index (χ1v) is 9.59. The summed E-state index contributed by atoms with van der Waals surface area (Å²) in [4.78, 5) is 18.0. The lowest BCUT2D eigenvalue weighted by molar-refractivity contribution is 0.0916. The molecule has 28 heavy (non-hydrogen) atoms. The number of fused-ring (bicyclic) bond motifs is 1. The van der Waals surface area contributed by atoms with E-state index in [1.54, 1.807) is 0 Å². The average Bonchev–Trinajstić information content (AvgIpc) is 3.08. The fourth-order valence-corrected chi connectivity index (χ4v) is 3.77. The molecule has 146 valence electrons. The molecule has 1 atom stereocenters. The molecule has 2 aromatic carbocycles. The smallest absolute Gasteiger partial charge is 0.251 e. The number of anilines is 1. The molecule has 3 aromatic rings. The third-order valence-electron chi connectivity index (χ3n) is 5.24. The number of hydrogen-bond donors (Lipinski definition) is 3. The lowest BCUT2D eigenvalue weighted by atomic mass is 10.1. The number of aromatic nitrogens is 1. The van der Waals surface area contributed by atoms with Gasteiger partial charge in [0.15, 0.2) is 0 Å². The first kappa shape index (κ1) is 18.5. The number of ether oxygens (including phenoxy) is 1. The molecule has 4 rings (SSSR count). The van der Waals surface area contributed by atoms with E-state index < -0.39 is 6.10 Å². The fourth-order valence-electron chi connectivity index (χ4n) is 3.77. The SMILES string of the molecule is Cc1[nH]c2ccccc2c1C(O)CNC(=O)c1ccc(N2CCOCC2)cc1. The lowest BCUT2D eigenvalue weighted by Gasteiger charge is -2.28. The summed E-state index contributed by atoms with van der Waals surface area (Å²) in [6.45, 7) is 5.28. The molecule has 1 unspecified atom stereocenters. The highest BCUT2D eigenvalue weighted by molar-refractivity contribution is 5.94. The fraction of sp³-hybridized carbons (Fsp3) is 0.318. The molecule has 1 fully saturated rings. The van der Waals surface area contributed by atoms with Crippen LogP contribution in [0.15, 0.2) is 48.5 Å². The van der Waals surface area contributed by atoms with Gasteiger partial charge < -0.3 is 25.0 Å². The van der Waals surface area contributed by atoms with Gasteiger partial charge in [0.1, 0.15) is 0 Å². The molecule has 1 aliphatic heterocycles. The summed E-state index contributed by atoms with van der Waals surface area (Å²) in [6, 6.07) is 15.4. The molecular formula is C22H25N3O3. The average molecular weight is 379 g/mol. The maximum atomic E-state index is 12.5. The summed E-state index contributed by atoms with van der Waals surface area (Å²) < 4.78 is 5.37. The van der Waals surface area contributed by atoms with Gasteiger partial charge in [0, 0.05) is 53.0 Å². The number of aliphatic hydroxyl groups excluding tert-OH is 1. The highest BCUT2D eigenvalue weighted by Gasteiger charge is 2.18. The van der Waals surface area contributed by atoms with Gasteiger partial charge in [0.2, 0.25) is 0 Å². The Morgan fingerprint density at radius 1 is 1.18 bits per heavy atom. The van der Waals surface area contributed by atoms with E-state index in [0.717, 1.165) is 54.2 Å². The standard InChI is InChI=1S/C22H25N3O3/c1-15-21(18-4-2-3-5-19(18)24-15)20(26)14-23-22(27)16-6-8-17(9-7-16)25-10-12-28-13-11-25/h2-9,20,24,26H,10-14H2,1H3,(H,23,27). The van der Waals surface area contributed by atoms with Gasteiger partial charge in [-0.05, 0) is 37.3 Å². The van der Waals surface area contributed by atoms with Crippen LogP contribution in [0.5, 0.6) is 0 Å². The Morgan fingerprint density at radius 2 is 1.89 bits per heavy atom. The molecule has 0 aliphatic carbocycles. The van der Waals surface area contributed by atoms with Crippen LogP contribution in [-0.4, -0.2) is 48.8 Å². The Balaban J connectivity index is 1.40. The van der Waals surface area contributed by atoms with Crippen molar-refractivity contribution in [2.75, 3.05) is 37.7 Å². The van der Waals surface area contributed by atoms with Crippen molar-refractivity contribution in [3.63, 3.8) is 0 Å². The molecule has 2 heterocycles. The van der Waals surface area contributed by atoms with Crippen molar-refractivity contribution in [3.05, 3.63) is 65.4 Å². The minimum absolute atomic E-state index is 0.159. The molecule has 0 saturated carbocycles. The van der Waals surface area contributed by atoms with Crippen LogP contribution < -0.4 is 10.2 Å². The van der Waals surface area contributed by atoms with E-state index in [2.05, 4.69) is 15.2 Å². The van der Waals surface area contributed by atoms with E-state index in [-0.39, 0.29) is 12.5 Å². The number of aromatic amines is 1. The van der Waals surface area contributed by atoms with Crippen LogP contribution >= 0.6 is 0 Å². The summed E-state index contributed by atoms with van der Waals surface area (Å²) in [6.07, 6.45) is -0.771. The molecule has 6 nitrogen and oxygen atoms in total. The molecule has 1 aliphatic rings. The summed E-state index contributed by atoms with van der Waals surface area (Å²) in [7, 11) is 0. The van der Waals surface area contributed by atoms with E-state index >= 15 is 0 Å². The van der Waals surface area contributed by atoms with Crippen LogP contribution in [0.3, 0.4) is 0 Å². The van der Waals surface area contributed by atoms with Crippen molar-refractivity contribution in [2.24, 2.45) is 0 Å². The number of rotatable bonds is 5. The first-order chi connectivity index (χ1) is 13.6. The Hall–Kier alpha value is -2.83. The highest BCUT2D eigenvalue weighted by Crippen LogP contribution is 2.27. The Morgan fingerprint density at radius 3 is 2.64 bits per heavy atom. The van der Waals surface area contributed by atoms with Gasteiger partial charge >= 0.3 is 0 Å². The molecule has 3 N–H and O–H groups in total. The number of para-hydroxylation sites is 1. The topological polar surface area (TPSA) is 77.6 Å². The van der Waals surface area contributed by atoms with E-state index in [4.69, 9.17) is 4.74 Å². The second-order valence-electron chi connectivity index (χ2n) is 7.08. The number of morpholine rings is 1. The quantitative estimate of drug-likeness (QED) is 0.637. The summed E-state index contributed by atoms with van der Waals surface area (Å²) in [5, 5.41) is 14.5. The number of nitrogens with one attached hydrogen (secondary N) is 2. The molecule has 0 spiro atoms. The van der Waals surface area contributed by atoms with Crippen LogP contribution in [0.4, 0.5) is 5.69 Å². The van der Waals surface area contributed by atoms with Crippen molar-refractivity contribution < 1.29 is 14.6 Å². The molecule has 0 bridgehead atoms.